The van der Waals surface area contributed by atoms with Gasteiger partial charge in [0, 0.05) is 33.3 Å². The van der Waals surface area contributed by atoms with Gasteiger partial charge < -0.3 is 24.1 Å². The molecule has 1 N–H and O–H groups in total. The fraction of sp³-hybridized carbons (Fsp3) is 0.667. The number of carbonyl (C=O) groups is 1. The molecule has 0 aromatic carbocycles. The van der Waals surface area contributed by atoms with Crippen molar-refractivity contribution in [3.8, 4) is 0 Å². The molecule has 1 aliphatic rings. The second-order valence-corrected chi connectivity index (χ2v) is 4.77. The Balaban J connectivity index is 2.58. The normalized spacial score (nSPS) is 30.1. The van der Waals surface area contributed by atoms with Gasteiger partial charge in [-0.2, -0.15) is 0 Å². The summed E-state index contributed by atoms with van der Waals surface area (Å²) in [6, 6.07) is 0. The van der Waals surface area contributed by atoms with Crippen LogP contribution in [0.2, 0.25) is 0 Å². The number of allylic oxidation sites excluding steroid dienone is 2. The van der Waals surface area contributed by atoms with Gasteiger partial charge in [-0.1, -0.05) is 18.2 Å². The summed E-state index contributed by atoms with van der Waals surface area (Å²) in [5, 5.41) is 10.1. The van der Waals surface area contributed by atoms with Gasteiger partial charge in [0.2, 0.25) is 0 Å². The van der Waals surface area contributed by atoms with Crippen molar-refractivity contribution in [2.75, 3.05) is 27.9 Å². The molecule has 4 atom stereocenters. The number of ether oxygens (including phenoxy) is 4. The molecule has 1 fully saturated rings. The zero-order valence-corrected chi connectivity index (χ0v) is 12.7. The van der Waals surface area contributed by atoms with E-state index >= 15 is 0 Å². The van der Waals surface area contributed by atoms with Crippen molar-refractivity contribution in [3.63, 3.8) is 0 Å². The molecule has 0 spiro atoms. The average molecular weight is 300 g/mol. The third-order valence-corrected chi connectivity index (χ3v) is 3.35. The van der Waals surface area contributed by atoms with E-state index in [1.165, 1.54) is 13.2 Å². The van der Waals surface area contributed by atoms with Crippen LogP contribution in [-0.2, 0) is 23.7 Å². The first-order valence-corrected chi connectivity index (χ1v) is 6.90. The molecule has 6 nitrogen and oxygen atoms in total. The lowest BCUT2D eigenvalue weighted by Gasteiger charge is -2.37. The minimum absolute atomic E-state index is 0.127. The van der Waals surface area contributed by atoms with Crippen molar-refractivity contribution < 1.29 is 28.8 Å². The van der Waals surface area contributed by atoms with Gasteiger partial charge in [0.1, 0.15) is 6.10 Å². The Morgan fingerprint density at radius 3 is 2.71 bits per heavy atom. The summed E-state index contributed by atoms with van der Waals surface area (Å²) in [6.45, 7) is 0.569. The molecular weight excluding hydrogens is 276 g/mol. The topological polar surface area (TPSA) is 74.2 Å². The minimum Gasteiger partial charge on any atom is -0.466 e. The maximum atomic E-state index is 10.9. The number of esters is 1. The van der Waals surface area contributed by atoms with Crippen LogP contribution in [0.4, 0.5) is 0 Å². The largest absolute Gasteiger partial charge is 0.466 e. The molecule has 0 aliphatic carbocycles. The molecule has 0 aromatic heterocycles. The summed E-state index contributed by atoms with van der Waals surface area (Å²) in [5.41, 5.74) is 0. The lowest BCUT2D eigenvalue weighted by Crippen LogP contribution is -2.47. The van der Waals surface area contributed by atoms with E-state index in [4.69, 9.17) is 14.2 Å². The highest BCUT2D eigenvalue weighted by Crippen LogP contribution is 2.25. The van der Waals surface area contributed by atoms with Gasteiger partial charge in [0.05, 0.1) is 25.4 Å². The highest BCUT2D eigenvalue weighted by molar-refractivity contribution is 5.82. The molecule has 1 saturated heterocycles. The summed E-state index contributed by atoms with van der Waals surface area (Å²) in [5.74, 6) is -0.429. The monoisotopic (exact) mass is 300 g/mol. The number of rotatable bonds is 7. The minimum atomic E-state index is -0.642. The predicted molar refractivity (Wildman–Crippen MR) is 76.9 cm³/mol. The molecule has 1 rings (SSSR count). The van der Waals surface area contributed by atoms with Gasteiger partial charge in [-0.3, -0.25) is 0 Å². The molecule has 0 radical (unpaired) electrons. The molecule has 120 valence electrons. The Morgan fingerprint density at radius 1 is 1.33 bits per heavy atom. The predicted octanol–water partition coefficient (Wildman–Crippen LogP) is 0.842. The Bertz CT molecular complexity index is 365. The fourth-order valence-corrected chi connectivity index (χ4v) is 2.19. The Labute approximate surface area is 125 Å². The Hall–Kier alpha value is -1.21. The number of hydrogen-bond donors (Lipinski definition) is 1. The van der Waals surface area contributed by atoms with Gasteiger partial charge in [0.25, 0.3) is 0 Å². The summed E-state index contributed by atoms with van der Waals surface area (Å²) < 4.78 is 20.7. The van der Waals surface area contributed by atoms with E-state index in [0.29, 0.717) is 19.4 Å². The number of aliphatic hydroxyl groups excluding tert-OH is 1. The molecule has 1 heterocycles. The maximum absolute atomic E-state index is 10.9. The van der Waals surface area contributed by atoms with Crippen molar-refractivity contribution in [1.82, 2.24) is 0 Å². The molecule has 0 bridgehead atoms. The maximum Gasteiger partial charge on any atom is 0.330 e. The van der Waals surface area contributed by atoms with E-state index < -0.39 is 18.2 Å². The SMILES string of the molecule is COCC[C@@H]1O[C@H](/C=C\C=C\C(=O)OC)[C@@H](O)C[C@H]1OC. The zero-order chi connectivity index (χ0) is 15.7. The molecule has 0 saturated carbocycles. The third-order valence-electron chi connectivity index (χ3n) is 3.35. The van der Waals surface area contributed by atoms with Crippen LogP contribution in [0.5, 0.6) is 0 Å². The van der Waals surface area contributed by atoms with Crippen molar-refractivity contribution in [2.24, 2.45) is 0 Å². The first-order chi connectivity index (χ1) is 10.1. The van der Waals surface area contributed by atoms with E-state index in [2.05, 4.69) is 4.74 Å². The lowest BCUT2D eigenvalue weighted by molar-refractivity contribution is -0.166. The summed E-state index contributed by atoms with van der Waals surface area (Å²) >= 11 is 0. The standard InChI is InChI=1S/C15H24O6/c1-18-9-8-13-14(19-2)10-11(16)12(21-13)6-4-5-7-15(17)20-3/h4-7,11-14,16H,8-10H2,1-3H3/b6-4-,7-5+/t11-,12+,13-,14+/m0/s1. The zero-order valence-electron chi connectivity index (χ0n) is 12.7. The molecule has 1 aliphatic heterocycles. The highest BCUT2D eigenvalue weighted by atomic mass is 16.6. The molecule has 6 heteroatoms. The van der Waals surface area contributed by atoms with Crippen molar-refractivity contribution in [1.29, 1.82) is 0 Å². The molecule has 0 aromatic rings. The van der Waals surface area contributed by atoms with Crippen LogP contribution in [0.15, 0.2) is 24.3 Å². The second kappa shape index (κ2) is 9.68. The fourth-order valence-electron chi connectivity index (χ4n) is 2.19. The van der Waals surface area contributed by atoms with E-state index in [1.807, 2.05) is 0 Å². The number of methoxy groups -OCH3 is 3. The Morgan fingerprint density at radius 2 is 2.10 bits per heavy atom. The summed E-state index contributed by atoms with van der Waals surface area (Å²) in [7, 11) is 4.56. The Kier molecular flexibility index (Phi) is 8.22. The molecule has 21 heavy (non-hydrogen) atoms. The van der Waals surface area contributed by atoms with Crippen LogP contribution < -0.4 is 0 Å². The van der Waals surface area contributed by atoms with Gasteiger partial charge in [0.15, 0.2) is 0 Å². The third kappa shape index (κ3) is 5.97. The average Bonchev–Trinajstić information content (AvgIpc) is 2.50. The molecule has 0 unspecified atom stereocenters. The summed E-state index contributed by atoms with van der Waals surface area (Å²) in [4.78, 5) is 10.9. The van der Waals surface area contributed by atoms with E-state index in [0.717, 1.165) is 0 Å². The molecule has 0 amide bonds. The van der Waals surface area contributed by atoms with Crippen LogP contribution >= 0.6 is 0 Å². The van der Waals surface area contributed by atoms with Gasteiger partial charge in [-0.15, -0.1) is 0 Å². The number of carbonyl (C=O) groups excluding carboxylic acids is 1. The number of hydrogen-bond acceptors (Lipinski definition) is 6. The molecular formula is C15H24O6. The highest BCUT2D eigenvalue weighted by Gasteiger charge is 2.35. The van der Waals surface area contributed by atoms with Crippen molar-refractivity contribution in [2.45, 2.75) is 37.3 Å². The van der Waals surface area contributed by atoms with E-state index in [-0.39, 0.29) is 12.2 Å². The second-order valence-electron chi connectivity index (χ2n) is 4.77. The smallest absolute Gasteiger partial charge is 0.330 e. The summed E-state index contributed by atoms with van der Waals surface area (Å²) in [6.07, 6.45) is 6.08. The van der Waals surface area contributed by atoms with Crippen LogP contribution in [0.25, 0.3) is 0 Å². The van der Waals surface area contributed by atoms with E-state index in [9.17, 15) is 9.90 Å². The first kappa shape index (κ1) is 17.8. The van der Waals surface area contributed by atoms with Gasteiger partial charge >= 0.3 is 5.97 Å². The van der Waals surface area contributed by atoms with Crippen molar-refractivity contribution >= 4 is 5.97 Å². The first-order valence-electron chi connectivity index (χ1n) is 6.90. The lowest BCUT2D eigenvalue weighted by atomic mass is 9.96. The van der Waals surface area contributed by atoms with Crippen LogP contribution in [-0.4, -0.2) is 63.4 Å². The van der Waals surface area contributed by atoms with Crippen LogP contribution in [0, 0.1) is 0 Å². The van der Waals surface area contributed by atoms with Crippen molar-refractivity contribution in [3.05, 3.63) is 24.3 Å². The quantitative estimate of drug-likeness (QED) is 0.427. The van der Waals surface area contributed by atoms with E-state index in [1.54, 1.807) is 32.4 Å². The van der Waals surface area contributed by atoms with Crippen LogP contribution in [0.3, 0.4) is 0 Å². The van der Waals surface area contributed by atoms with Gasteiger partial charge in [-0.05, 0) is 6.42 Å². The van der Waals surface area contributed by atoms with Crippen LogP contribution in [0.1, 0.15) is 12.8 Å². The number of aliphatic hydroxyl groups is 1. The van der Waals surface area contributed by atoms with Gasteiger partial charge in [-0.25, -0.2) is 4.79 Å².